The van der Waals surface area contributed by atoms with Crippen LogP contribution in [0.4, 0.5) is 0 Å². The minimum atomic E-state index is -0.670. The van der Waals surface area contributed by atoms with Crippen molar-refractivity contribution in [3.8, 4) is 23.1 Å². The number of nitrogens with one attached hydrogen (secondary N) is 2. The molecule has 1 aromatic heterocycles. The number of benzene rings is 3. The van der Waals surface area contributed by atoms with Crippen LogP contribution in [0.1, 0.15) is 26.5 Å². The molecular weight excluding hydrogens is 392 g/mol. The van der Waals surface area contributed by atoms with Crippen molar-refractivity contribution >= 4 is 11.8 Å². The zero-order chi connectivity index (χ0) is 21.6. The number of para-hydroxylation sites is 1. The Kier molecular flexibility index (Phi) is 5.49. The van der Waals surface area contributed by atoms with Gasteiger partial charge in [-0.1, -0.05) is 54.6 Å². The number of hydrazine groups is 1. The molecule has 31 heavy (non-hydrogen) atoms. The van der Waals surface area contributed by atoms with Crippen molar-refractivity contribution in [3.05, 3.63) is 102 Å². The van der Waals surface area contributed by atoms with E-state index in [-0.39, 0.29) is 11.4 Å². The van der Waals surface area contributed by atoms with E-state index >= 15 is 0 Å². The largest absolute Gasteiger partial charge is 0.309 e. The fourth-order valence-electron chi connectivity index (χ4n) is 2.90. The average molecular weight is 408 g/mol. The predicted molar refractivity (Wildman–Crippen MR) is 113 cm³/mol. The highest BCUT2D eigenvalue weighted by molar-refractivity contribution is 5.98. The first-order valence-electron chi connectivity index (χ1n) is 9.34. The van der Waals surface area contributed by atoms with Gasteiger partial charge in [0.05, 0.1) is 17.3 Å². The number of carbonyl (C=O) groups is 2. The van der Waals surface area contributed by atoms with Crippen LogP contribution in [-0.2, 0) is 0 Å². The summed E-state index contributed by atoms with van der Waals surface area (Å²) >= 11 is 0. The molecular formula is C23H16N6O2. The highest BCUT2D eigenvalue weighted by Crippen LogP contribution is 2.20. The average Bonchev–Trinajstić information content (AvgIpc) is 3.29. The van der Waals surface area contributed by atoms with Crippen LogP contribution in [0.25, 0.3) is 17.1 Å². The fourth-order valence-corrected chi connectivity index (χ4v) is 2.90. The molecule has 0 aliphatic carbocycles. The molecule has 2 N–H and O–H groups in total. The summed E-state index contributed by atoms with van der Waals surface area (Å²) in [5.41, 5.74) is 6.75. The number of amides is 2. The van der Waals surface area contributed by atoms with Gasteiger partial charge >= 0.3 is 5.91 Å². The Bertz CT molecular complexity index is 1220. The predicted octanol–water partition coefficient (Wildman–Crippen LogP) is 2.88. The summed E-state index contributed by atoms with van der Waals surface area (Å²) in [7, 11) is 0. The molecule has 8 nitrogen and oxygen atoms in total. The fraction of sp³-hybridized carbons (Fsp3) is 0. The number of carbonyl (C=O) groups excluding carboxylic acids is 2. The standard InChI is InChI=1S/C23H16N6O2/c24-15-16-8-7-11-18(14-16)22(30)26-27-23(31)20-25-21(17-9-3-1-4-10-17)29(28-20)19-12-5-2-6-13-19/h1-14H,(H,26,30)(H,27,31). The van der Waals surface area contributed by atoms with Crippen LogP contribution in [0, 0.1) is 11.3 Å². The van der Waals surface area contributed by atoms with Crippen molar-refractivity contribution in [1.29, 1.82) is 5.26 Å². The first kappa shape index (κ1) is 19.5. The first-order chi connectivity index (χ1) is 15.2. The molecule has 0 aliphatic heterocycles. The molecule has 3 aromatic carbocycles. The number of hydrogen-bond acceptors (Lipinski definition) is 5. The zero-order valence-corrected chi connectivity index (χ0v) is 16.2. The van der Waals surface area contributed by atoms with E-state index in [0.29, 0.717) is 11.4 Å². The maximum atomic E-state index is 12.6. The summed E-state index contributed by atoms with van der Waals surface area (Å²) in [5, 5.41) is 13.3. The molecule has 0 bridgehead atoms. The van der Waals surface area contributed by atoms with Gasteiger partial charge in [0.25, 0.3) is 5.91 Å². The number of hydrogen-bond donors (Lipinski definition) is 2. The van der Waals surface area contributed by atoms with Gasteiger partial charge in [-0.15, -0.1) is 5.10 Å². The monoisotopic (exact) mass is 408 g/mol. The van der Waals surface area contributed by atoms with Gasteiger partial charge in [-0.3, -0.25) is 20.4 Å². The summed E-state index contributed by atoms with van der Waals surface area (Å²) in [5.74, 6) is -0.841. The summed E-state index contributed by atoms with van der Waals surface area (Å²) in [6.07, 6.45) is 0. The molecule has 0 saturated carbocycles. The van der Waals surface area contributed by atoms with E-state index in [9.17, 15) is 9.59 Å². The van der Waals surface area contributed by atoms with E-state index in [0.717, 1.165) is 11.3 Å². The lowest BCUT2D eigenvalue weighted by molar-refractivity contribution is 0.0841. The molecule has 0 atom stereocenters. The minimum absolute atomic E-state index is 0.103. The lowest BCUT2D eigenvalue weighted by Crippen LogP contribution is -2.42. The Morgan fingerprint density at radius 2 is 1.52 bits per heavy atom. The minimum Gasteiger partial charge on any atom is -0.267 e. The summed E-state index contributed by atoms with van der Waals surface area (Å²) in [6, 6.07) is 26.8. The Labute approximate surface area is 177 Å². The molecule has 0 unspecified atom stereocenters. The lowest BCUT2D eigenvalue weighted by Gasteiger charge is -2.05. The Balaban J connectivity index is 1.58. The Morgan fingerprint density at radius 3 is 2.23 bits per heavy atom. The second kappa shape index (κ2) is 8.71. The van der Waals surface area contributed by atoms with Gasteiger partial charge in [0.2, 0.25) is 5.82 Å². The normalized spacial score (nSPS) is 10.2. The van der Waals surface area contributed by atoms with Crippen LogP contribution in [0.2, 0.25) is 0 Å². The van der Waals surface area contributed by atoms with Crippen molar-refractivity contribution in [1.82, 2.24) is 25.6 Å². The van der Waals surface area contributed by atoms with Crippen molar-refractivity contribution in [3.63, 3.8) is 0 Å². The van der Waals surface area contributed by atoms with Gasteiger partial charge in [0.1, 0.15) is 0 Å². The summed E-state index contributed by atoms with van der Waals surface area (Å²) in [4.78, 5) is 29.3. The van der Waals surface area contributed by atoms with Crippen molar-refractivity contribution in [2.75, 3.05) is 0 Å². The number of aromatic nitrogens is 3. The first-order valence-corrected chi connectivity index (χ1v) is 9.34. The van der Waals surface area contributed by atoms with Crippen LogP contribution in [-0.4, -0.2) is 26.6 Å². The van der Waals surface area contributed by atoms with Gasteiger partial charge in [-0.2, -0.15) is 5.26 Å². The summed E-state index contributed by atoms with van der Waals surface area (Å²) in [6.45, 7) is 0. The molecule has 4 rings (SSSR count). The van der Waals surface area contributed by atoms with E-state index in [1.54, 1.807) is 16.8 Å². The topological polar surface area (TPSA) is 113 Å². The van der Waals surface area contributed by atoms with Crippen molar-refractivity contribution in [2.45, 2.75) is 0 Å². The Morgan fingerprint density at radius 1 is 0.839 bits per heavy atom. The number of nitrogens with zero attached hydrogens (tertiary/aromatic N) is 4. The third-order valence-corrected chi connectivity index (χ3v) is 4.39. The second-order valence-electron chi connectivity index (χ2n) is 6.47. The molecule has 0 fully saturated rings. The van der Waals surface area contributed by atoms with Crippen LogP contribution in [0.15, 0.2) is 84.9 Å². The zero-order valence-electron chi connectivity index (χ0n) is 16.2. The molecule has 2 amide bonds. The van der Waals surface area contributed by atoms with Crippen LogP contribution < -0.4 is 10.9 Å². The smallest absolute Gasteiger partial charge is 0.267 e. The van der Waals surface area contributed by atoms with Crippen LogP contribution >= 0.6 is 0 Å². The molecule has 0 spiro atoms. The van der Waals surface area contributed by atoms with Gasteiger partial charge in [-0.25, -0.2) is 9.67 Å². The van der Waals surface area contributed by atoms with Gasteiger partial charge in [0, 0.05) is 11.1 Å². The molecule has 0 aliphatic rings. The molecule has 0 radical (unpaired) electrons. The third kappa shape index (κ3) is 4.31. The van der Waals surface area contributed by atoms with E-state index in [4.69, 9.17) is 5.26 Å². The van der Waals surface area contributed by atoms with Gasteiger partial charge in [0.15, 0.2) is 5.82 Å². The molecule has 150 valence electrons. The maximum absolute atomic E-state index is 12.6. The Hall–Kier alpha value is -4.77. The van der Waals surface area contributed by atoms with E-state index in [2.05, 4.69) is 20.9 Å². The van der Waals surface area contributed by atoms with E-state index < -0.39 is 11.8 Å². The highest BCUT2D eigenvalue weighted by Gasteiger charge is 2.19. The third-order valence-electron chi connectivity index (χ3n) is 4.39. The van der Waals surface area contributed by atoms with E-state index in [1.807, 2.05) is 66.7 Å². The van der Waals surface area contributed by atoms with Crippen molar-refractivity contribution in [2.24, 2.45) is 0 Å². The molecule has 8 heteroatoms. The highest BCUT2D eigenvalue weighted by atomic mass is 16.2. The van der Waals surface area contributed by atoms with Crippen LogP contribution in [0.5, 0.6) is 0 Å². The van der Waals surface area contributed by atoms with Gasteiger partial charge < -0.3 is 0 Å². The number of nitriles is 1. The summed E-state index contributed by atoms with van der Waals surface area (Å²) < 4.78 is 1.57. The molecule has 4 aromatic rings. The quantitative estimate of drug-likeness (QED) is 0.504. The van der Waals surface area contributed by atoms with Gasteiger partial charge in [-0.05, 0) is 30.3 Å². The van der Waals surface area contributed by atoms with E-state index in [1.165, 1.54) is 12.1 Å². The van der Waals surface area contributed by atoms with Crippen molar-refractivity contribution < 1.29 is 9.59 Å². The number of rotatable bonds is 4. The SMILES string of the molecule is N#Cc1cccc(C(=O)NNC(=O)c2nc(-c3ccccc3)n(-c3ccccc3)n2)c1. The molecule has 0 saturated heterocycles. The molecule has 1 heterocycles. The second-order valence-corrected chi connectivity index (χ2v) is 6.47. The van der Waals surface area contributed by atoms with Crippen LogP contribution in [0.3, 0.4) is 0 Å². The lowest BCUT2D eigenvalue weighted by atomic mass is 10.1. The maximum Gasteiger partial charge on any atom is 0.309 e.